The fourth-order valence-corrected chi connectivity index (χ4v) is 3.52. The predicted octanol–water partition coefficient (Wildman–Crippen LogP) is 3.01. The summed E-state index contributed by atoms with van der Waals surface area (Å²) in [6, 6.07) is 2.49. The highest BCUT2D eigenvalue weighted by molar-refractivity contribution is 5.86. The number of nitrogens with zero attached hydrogens (tertiary/aromatic N) is 1. The van der Waals surface area contributed by atoms with Crippen molar-refractivity contribution in [1.82, 2.24) is 5.32 Å². The quantitative estimate of drug-likeness (QED) is 0.816. The van der Waals surface area contributed by atoms with Crippen LogP contribution < -0.4 is 5.32 Å². The SMILES string of the molecule is CC1CC(C#N)(C(=O)NC2CCCCC2(C)C)C1. The van der Waals surface area contributed by atoms with E-state index < -0.39 is 5.41 Å². The van der Waals surface area contributed by atoms with Crippen molar-refractivity contribution in [1.29, 1.82) is 5.26 Å². The monoisotopic (exact) mass is 248 g/mol. The van der Waals surface area contributed by atoms with E-state index in [1.54, 1.807) is 0 Å². The molecule has 2 aliphatic rings. The molecule has 2 aliphatic carbocycles. The fraction of sp³-hybridized carbons (Fsp3) is 0.867. The summed E-state index contributed by atoms with van der Waals surface area (Å²) in [5.74, 6) is 0.484. The molecule has 0 saturated heterocycles. The molecule has 0 bridgehead atoms. The topological polar surface area (TPSA) is 52.9 Å². The Bertz CT molecular complexity index is 374. The molecule has 3 heteroatoms. The van der Waals surface area contributed by atoms with Crippen LogP contribution in [0.5, 0.6) is 0 Å². The Morgan fingerprint density at radius 1 is 1.33 bits per heavy atom. The van der Waals surface area contributed by atoms with Crippen LogP contribution in [0, 0.1) is 28.1 Å². The van der Waals surface area contributed by atoms with Crippen LogP contribution in [-0.2, 0) is 4.79 Å². The molecule has 18 heavy (non-hydrogen) atoms. The van der Waals surface area contributed by atoms with Crippen molar-refractivity contribution in [2.75, 3.05) is 0 Å². The predicted molar refractivity (Wildman–Crippen MR) is 70.6 cm³/mol. The lowest BCUT2D eigenvalue weighted by Gasteiger charge is -2.44. The highest BCUT2D eigenvalue weighted by Gasteiger charge is 2.50. The molecule has 0 aromatic carbocycles. The zero-order valence-corrected chi connectivity index (χ0v) is 11.8. The van der Waals surface area contributed by atoms with Gasteiger partial charge in [-0.2, -0.15) is 5.26 Å². The number of rotatable bonds is 2. The van der Waals surface area contributed by atoms with Gasteiger partial charge in [0.2, 0.25) is 5.91 Å². The zero-order chi connectivity index (χ0) is 13.4. The van der Waals surface area contributed by atoms with Crippen molar-refractivity contribution in [3.05, 3.63) is 0 Å². The molecule has 100 valence electrons. The van der Waals surface area contributed by atoms with Gasteiger partial charge in [0.15, 0.2) is 0 Å². The van der Waals surface area contributed by atoms with E-state index in [0.29, 0.717) is 5.92 Å². The third kappa shape index (κ3) is 2.25. The second-order valence-corrected chi connectivity index (χ2v) is 6.97. The molecule has 2 fully saturated rings. The molecule has 0 radical (unpaired) electrons. The highest BCUT2D eigenvalue weighted by atomic mass is 16.2. The van der Waals surface area contributed by atoms with Gasteiger partial charge in [0.05, 0.1) is 6.07 Å². The van der Waals surface area contributed by atoms with Crippen molar-refractivity contribution in [2.24, 2.45) is 16.7 Å². The fourth-order valence-electron chi connectivity index (χ4n) is 3.52. The van der Waals surface area contributed by atoms with Crippen LogP contribution in [-0.4, -0.2) is 11.9 Å². The molecular formula is C15H24N2O. The van der Waals surface area contributed by atoms with Gasteiger partial charge in [-0.05, 0) is 37.0 Å². The second-order valence-electron chi connectivity index (χ2n) is 6.97. The molecule has 0 aromatic rings. The Hall–Kier alpha value is -1.04. The minimum absolute atomic E-state index is 0.0249. The Kier molecular flexibility index (Phi) is 3.40. The third-order valence-corrected chi connectivity index (χ3v) is 4.86. The molecule has 2 saturated carbocycles. The maximum absolute atomic E-state index is 12.3. The van der Waals surface area contributed by atoms with Crippen molar-refractivity contribution >= 4 is 5.91 Å². The lowest BCUT2D eigenvalue weighted by Crippen LogP contribution is -2.55. The number of carbonyl (C=O) groups is 1. The molecule has 0 aliphatic heterocycles. The number of hydrogen-bond donors (Lipinski definition) is 1. The summed E-state index contributed by atoms with van der Waals surface area (Å²) in [5, 5.41) is 12.4. The van der Waals surface area contributed by atoms with Crippen LogP contribution >= 0.6 is 0 Å². The number of hydrogen-bond acceptors (Lipinski definition) is 2. The first-order valence-corrected chi connectivity index (χ1v) is 7.12. The molecule has 1 unspecified atom stereocenters. The smallest absolute Gasteiger partial charge is 0.240 e. The largest absolute Gasteiger partial charge is 0.351 e. The minimum Gasteiger partial charge on any atom is -0.351 e. The summed E-state index contributed by atoms with van der Waals surface area (Å²) in [5.41, 5.74) is -0.563. The van der Waals surface area contributed by atoms with Crippen LogP contribution in [0.3, 0.4) is 0 Å². The van der Waals surface area contributed by atoms with E-state index in [1.807, 2.05) is 0 Å². The number of amides is 1. The summed E-state index contributed by atoms with van der Waals surface area (Å²) >= 11 is 0. The van der Waals surface area contributed by atoms with Gasteiger partial charge >= 0.3 is 0 Å². The van der Waals surface area contributed by atoms with Crippen LogP contribution in [0.2, 0.25) is 0 Å². The molecule has 0 aromatic heterocycles. The summed E-state index contributed by atoms with van der Waals surface area (Å²) in [6.45, 7) is 6.55. The molecule has 1 amide bonds. The summed E-state index contributed by atoms with van der Waals surface area (Å²) in [4.78, 5) is 12.3. The molecule has 2 rings (SSSR count). The minimum atomic E-state index is -0.729. The Morgan fingerprint density at radius 2 is 2.00 bits per heavy atom. The molecule has 3 nitrogen and oxygen atoms in total. The number of nitrogens with one attached hydrogen (secondary N) is 1. The average molecular weight is 248 g/mol. The standard InChI is InChI=1S/C15H24N2O/c1-11-8-15(9-11,10-16)13(18)17-12-6-4-5-7-14(12,2)3/h11-12H,4-9H2,1-3H3,(H,17,18). The van der Waals surface area contributed by atoms with Gasteiger partial charge in [0.1, 0.15) is 5.41 Å². The Labute approximate surface area is 110 Å². The van der Waals surface area contributed by atoms with Crippen molar-refractivity contribution < 1.29 is 4.79 Å². The Morgan fingerprint density at radius 3 is 2.50 bits per heavy atom. The van der Waals surface area contributed by atoms with Crippen LogP contribution in [0.15, 0.2) is 0 Å². The summed E-state index contributed by atoms with van der Waals surface area (Å²) in [6.07, 6.45) is 6.10. The maximum atomic E-state index is 12.3. The van der Waals surface area contributed by atoms with Gasteiger partial charge in [0, 0.05) is 6.04 Å². The van der Waals surface area contributed by atoms with E-state index in [9.17, 15) is 10.1 Å². The molecule has 1 N–H and O–H groups in total. The summed E-state index contributed by atoms with van der Waals surface area (Å²) in [7, 11) is 0. The van der Waals surface area contributed by atoms with Crippen LogP contribution in [0.25, 0.3) is 0 Å². The molecule has 0 heterocycles. The van der Waals surface area contributed by atoms with Crippen LogP contribution in [0.4, 0.5) is 0 Å². The van der Waals surface area contributed by atoms with Gasteiger partial charge in [0.25, 0.3) is 0 Å². The van der Waals surface area contributed by atoms with E-state index in [4.69, 9.17) is 0 Å². The third-order valence-electron chi connectivity index (χ3n) is 4.86. The highest BCUT2D eigenvalue weighted by Crippen LogP contribution is 2.46. The Balaban J connectivity index is 2.01. The number of nitriles is 1. The van der Waals surface area contributed by atoms with Crippen LogP contribution in [0.1, 0.15) is 59.3 Å². The van der Waals surface area contributed by atoms with Gasteiger partial charge < -0.3 is 5.32 Å². The first kappa shape index (κ1) is 13.4. The zero-order valence-electron chi connectivity index (χ0n) is 11.8. The van der Waals surface area contributed by atoms with Gasteiger partial charge in [-0.25, -0.2) is 0 Å². The summed E-state index contributed by atoms with van der Waals surface area (Å²) < 4.78 is 0. The first-order valence-electron chi connectivity index (χ1n) is 7.12. The van der Waals surface area contributed by atoms with E-state index in [2.05, 4.69) is 32.2 Å². The normalized spacial score (nSPS) is 38.3. The second kappa shape index (κ2) is 4.57. The van der Waals surface area contributed by atoms with Gasteiger partial charge in [-0.15, -0.1) is 0 Å². The van der Waals surface area contributed by atoms with E-state index in [-0.39, 0.29) is 17.4 Å². The lowest BCUT2D eigenvalue weighted by molar-refractivity contribution is -0.136. The number of carbonyl (C=O) groups excluding carboxylic acids is 1. The molecule has 0 spiro atoms. The van der Waals surface area contributed by atoms with Crippen molar-refractivity contribution in [3.8, 4) is 6.07 Å². The van der Waals surface area contributed by atoms with E-state index in [1.165, 1.54) is 12.8 Å². The first-order chi connectivity index (χ1) is 8.39. The lowest BCUT2D eigenvalue weighted by atomic mass is 9.62. The molecule has 1 atom stereocenters. The van der Waals surface area contributed by atoms with Gasteiger partial charge in [-0.3, -0.25) is 4.79 Å². The van der Waals surface area contributed by atoms with Crippen molar-refractivity contribution in [2.45, 2.75) is 65.3 Å². The van der Waals surface area contributed by atoms with Gasteiger partial charge in [-0.1, -0.05) is 33.6 Å². The average Bonchev–Trinajstić information content (AvgIpc) is 2.27. The van der Waals surface area contributed by atoms with E-state index >= 15 is 0 Å². The van der Waals surface area contributed by atoms with E-state index in [0.717, 1.165) is 25.7 Å². The van der Waals surface area contributed by atoms with Crippen molar-refractivity contribution in [3.63, 3.8) is 0 Å². The molecular weight excluding hydrogens is 224 g/mol. The maximum Gasteiger partial charge on any atom is 0.240 e.